The van der Waals surface area contributed by atoms with Crippen LogP contribution in [0.4, 0.5) is 0 Å². The Bertz CT molecular complexity index is 1360. The van der Waals surface area contributed by atoms with Gasteiger partial charge in [0, 0.05) is 37.0 Å². The predicted octanol–water partition coefficient (Wildman–Crippen LogP) is 1.06. The SMILES string of the molecule is CNC(CN1Cc2ccc(OC)cc2C1=O)(C(=O)N(C=O)COC(=O)COCCOC)c1cc2cnccc2o1. The number of methoxy groups -OCH3 is 2. The summed E-state index contributed by atoms with van der Waals surface area (Å²) < 4.78 is 26.4. The molecule has 1 atom stereocenters. The number of hydrogen-bond donors (Lipinski definition) is 1. The highest BCUT2D eigenvalue weighted by molar-refractivity contribution is 6.00. The maximum atomic E-state index is 14.0. The van der Waals surface area contributed by atoms with E-state index in [9.17, 15) is 19.2 Å². The minimum Gasteiger partial charge on any atom is -0.497 e. The Balaban J connectivity index is 1.63. The number of imide groups is 1. The topological polar surface area (TPSA) is 150 Å². The Morgan fingerprint density at radius 2 is 2.05 bits per heavy atom. The number of carbonyl (C=O) groups excluding carboxylic acids is 4. The van der Waals surface area contributed by atoms with E-state index in [1.54, 1.807) is 42.7 Å². The number of rotatable bonds is 14. The standard InChI is InChI=1S/C27H30N4O9/c1-28-27(23-10-19-12-29-7-6-22(19)40-23,15-30-13-18-4-5-20(37-3)11-21(18)25(30)34)26(35)31(16-32)17-39-24(33)14-38-9-8-36-2/h4-7,10-12,16,28H,8-9,13-15,17H2,1-3H3. The zero-order valence-corrected chi connectivity index (χ0v) is 22.4. The molecule has 1 aliphatic heterocycles. The van der Waals surface area contributed by atoms with E-state index >= 15 is 0 Å². The van der Waals surface area contributed by atoms with Gasteiger partial charge in [0.15, 0.2) is 12.3 Å². The highest BCUT2D eigenvalue weighted by Crippen LogP contribution is 2.34. The van der Waals surface area contributed by atoms with Crippen molar-refractivity contribution in [2.45, 2.75) is 12.1 Å². The Kier molecular flexibility index (Phi) is 9.09. The number of esters is 1. The van der Waals surface area contributed by atoms with Crippen LogP contribution in [-0.4, -0.2) is 93.3 Å². The van der Waals surface area contributed by atoms with Crippen molar-refractivity contribution in [3.8, 4) is 5.75 Å². The molecular weight excluding hydrogens is 524 g/mol. The number of benzene rings is 1. The van der Waals surface area contributed by atoms with E-state index in [4.69, 9.17) is 23.4 Å². The first-order valence-electron chi connectivity index (χ1n) is 12.3. The fourth-order valence-electron chi connectivity index (χ4n) is 4.40. The fourth-order valence-corrected chi connectivity index (χ4v) is 4.40. The largest absolute Gasteiger partial charge is 0.497 e. The molecule has 1 aromatic carbocycles. The van der Waals surface area contributed by atoms with Crippen LogP contribution in [0.2, 0.25) is 0 Å². The Morgan fingerprint density at radius 3 is 2.75 bits per heavy atom. The van der Waals surface area contributed by atoms with Gasteiger partial charge in [-0.25, -0.2) is 9.69 Å². The van der Waals surface area contributed by atoms with Gasteiger partial charge in [-0.2, -0.15) is 0 Å². The van der Waals surface area contributed by atoms with Gasteiger partial charge in [0.05, 0.1) is 26.9 Å². The molecule has 40 heavy (non-hydrogen) atoms. The number of carbonyl (C=O) groups is 4. The van der Waals surface area contributed by atoms with Gasteiger partial charge in [-0.05, 0) is 36.9 Å². The lowest BCUT2D eigenvalue weighted by molar-refractivity contribution is -0.161. The molecule has 13 nitrogen and oxygen atoms in total. The molecule has 0 radical (unpaired) electrons. The van der Waals surface area contributed by atoms with Crippen LogP contribution in [0, 0.1) is 0 Å². The highest BCUT2D eigenvalue weighted by Gasteiger charge is 2.48. The molecule has 0 bridgehead atoms. The second-order valence-corrected chi connectivity index (χ2v) is 8.93. The van der Waals surface area contributed by atoms with E-state index in [2.05, 4.69) is 10.3 Å². The maximum absolute atomic E-state index is 14.0. The first-order valence-corrected chi connectivity index (χ1v) is 12.3. The third-order valence-electron chi connectivity index (χ3n) is 6.56. The number of nitrogens with zero attached hydrogens (tertiary/aromatic N) is 3. The van der Waals surface area contributed by atoms with Crippen LogP contribution in [0.15, 0.2) is 47.1 Å². The molecule has 3 heterocycles. The van der Waals surface area contributed by atoms with Crippen LogP contribution in [0.25, 0.3) is 11.0 Å². The molecule has 1 aliphatic rings. The first kappa shape index (κ1) is 28.7. The van der Waals surface area contributed by atoms with E-state index in [1.807, 2.05) is 0 Å². The Hall–Kier alpha value is -4.33. The second-order valence-electron chi connectivity index (χ2n) is 8.93. The zero-order valence-electron chi connectivity index (χ0n) is 22.4. The molecule has 0 spiro atoms. The van der Waals surface area contributed by atoms with Gasteiger partial charge in [0.1, 0.15) is 23.7 Å². The van der Waals surface area contributed by atoms with Crippen LogP contribution in [0.1, 0.15) is 21.7 Å². The quantitative estimate of drug-likeness (QED) is 0.132. The lowest BCUT2D eigenvalue weighted by atomic mass is 9.93. The molecule has 4 rings (SSSR count). The summed E-state index contributed by atoms with van der Waals surface area (Å²) in [5.41, 5.74) is -0.0780. The number of pyridine rings is 1. The normalized spacial score (nSPS) is 14.1. The molecule has 1 N–H and O–H groups in total. The fraction of sp³-hybridized carbons (Fsp3) is 0.370. The van der Waals surface area contributed by atoms with Crippen molar-refractivity contribution in [3.05, 3.63) is 59.6 Å². The Morgan fingerprint density at radius 1 is 1.23 bits per heavy atom. The smallest absolute Gasteiger partial charge is 0.333 e. The molecule has 3 amide bonds. The van der Waals surface area contributed by atoms with Crippen molar-refractivity contribution in [1.82, 2.24) is 20.1 Å². The first-order chi connectivity index (χ1) is 19.4. The van der Waals surface area contributed by atoms with Crippen molar-refractivity contribution in [2.24, 2.45) is 0 Å². The summed E-state index contributed by atoms with van der Waals surface area (Å²) >= 11 is 0. The maximum Gasteiger partial charge on any atom is 0.333 e. The summed E-state index contributed by atoms with van der Waals surface area (Å²) in [7, 11) is 4.51. The number of hydrogen-bond acceptors (Lipinski definition) is 11. The van der Waals surface area contributed by atoms with Gasteiger partial charge in [0.25, 0.3) is 11.8 Å². The lowest BCUT2D eigenvalue weighted by Gasteiger charge is -2.36. The van der Waals surface area contributed by atoms with Crippen molar-refractivity contribution in [3.63, 3.8) is 0 Å². The minimum absolute atomic E-state index is 0.144. The summed E-state index contributed by atoms with van der Waals surface area (Å²) in [4.78, 5) is 57.9. The summed E-state index contributed by atoms with van der Waals surface area (Å²) in [5.74, 6) is -1.23. The average Bonchev–Trinajstić information content (AvgIpc) is 3.55. The van der Waals surface area contributed by atoms with E-state index in [-0.39, 0.29) is 51.0 Å². The summed E-state index contributed by atoms with van der Waals surface area (Å²) in [6, 6.07) is 8.43. The molecule has 0 saturated carbocycles. The molecule has 0 saturated heterocycles. The van der Waals surface area contributed by atoms with Crippen LogP contribution in [-0.2, 0) is 40.7 Å². The highest BCUT2D eigenvalue weighted by atomic mass is 16.6. The molecule has 1 unspecified atom stereocenters. The van der Waals surface area contributed by atoms with Gasteiger partial charge >= 0.3 is 5.97 Å². The van der Waals surface area contributed by atoms with Crippen LogP contribution < -0.4 is 10.1 Å². The van der Waals surface area contributed by atoms with E-state index < -0.39 is 24.1 Å². The molecule has 212 valence electrons. The molecule has 0 aliphatic carbocycles. The van der Waals surface area contributed by atoms with Gasteiger partial charge < -0.3 is 28.3 Å². The van der Waals surface area contributed by atoms with Crippen LogP contribution in [0.3, 0.4) is 0 Å². The Labute approximate surface area is 229 Å². The molecule has 0 fully saturated rings. The van der Waals surface area contributed by atoms with Gasteiger partial charge in [0.2, 0.25) is 6.41 Å². The summed E-state index contributed by atoms with van der Waals surface area (Å²) in [6.45, 7) is -0.595. The van der Waals surface area contributed by atoms with Gasteiger partial charge in [-0.3, -0.25) is 24.7 Å². The number of furan rings is 1. The van der Waals surface area contributed by atoms with Crippen molar-refractivity contribution >= 4 is 35.2 Å². The minimum atomic E-state index is -1.73. The number of fused-ring (bicyclic) bond motifs is 2. The molecule has 2 aromatic heterocycles. The van der Waals surface area contributed by atoms with Crippen molar-refractivity contribution in [1.29, 1.82) is 0 Å². The van der Waals surface area contributed by atoms with Gasteiger partial charge in [-0.15, -0.1) is 0 Å². The summed E-state index contributed by atoms with van der Waals surface area (Å²) in [6.07, 6.45) is 3.36. The van der Waals surface area contributed by atoms with Gasteiger partial charge in [-0.1, -0.05) is 6.07 Å². The number of nitrogens with one attached hydrogen (secondary N) is 1. The number of likely N-dealkylation sites (N-methyl/N-ethyl adjacent to an activating group) is 1. The third-order valence-corrected chi connectivity index (χ3v) is 6.56. The monoisotopic (exact) mass is 554 g/mol. The van der Waals surface area contributed by atoms with Crippen LogP contribution in [0.5, 0.6) is 5.75 Å². The van der Waals surface area contributed by atoms with Crippen molar-refractivity contribution in [2.75, 3.05) is 54.4 Å². The molecule has 13 heteroatoms. The second kappa shape index (κ2) is 12.7. The van der Waals surface area contributed by atoms with E-state index in [0.29, 0.717) is 27.2 Å². The zero-order chi connectivity index (χ0) is 28.7. The molecular formula is C27H30N4O9. The predicted molar refractivity (Wildman–Crippen MR) is 139 cm³/mol. The summed E-state index contributed by atoms with van der Waals surface area (Å²) in [5, 5.41) is 3.59. The van der Waals surface area contributed by atoms with Crippen molar-refractivity contribution < 1.29 is 42.5 Å². The van der Waals surface area contributed by atoms with E-state index in [0.717, 1.165) is 5.56 Å². The molecule has 3 aromatic rings. The number of aromatic nitrogens is 1. The number of amides is 3. The van der Waals surface area contributed by atoms with E-state index in [1.165, 1.54) is 26.2 Å². The lowest BCUT2D eigenvalue weighted by Crippen LogP contribution is -2.60. The number of ether oxygens (including phenoxy) is 4. The van der Waals surface area contributed by atoms with Crippen LogP contribution >= 0.6 is 0 Å². The average molecular weight is 555 g/mol. The third kappa shape index (κ3) is 5.81.